The molecule has 1 aromatic heterocycles. The summed E-state index contributed by atoms with van der Waals surface area (Å²) in [7, 11) is 4.64. The Bertz CT molecular complexity index is 1630. The van der Waals surface area contributed by atoms with Crippen LogP contribution in [0.5, 0.6) is 17.2 Å². The molecule has 0 aliphatic carbocycles. The average molecular weight is 667 g/mol. The molecule has 4 aromatic rings. The van der Waals surface area contributed by atoms with Crippen molar-refractivity contribution in [3.8, 4) is 39.8 Å². The zero-order valence-corrected chi connectivity index (χ0v) is 26.7. The summed E-state index contributed by atoms with van der Waals surface area (Å²) < 4.78 is 18.3. The van der Waals surface area contributed by atoms with Crippen molar-refractivity contribution in [1.29, 1.82) is 0 Å². The summed E-state index contributed by atoms with van der Waals surface area (Å²) in [5.41, 5.74) is 5.91. The summed E-state index contributed by atoms with van der Waals surface area (Å²) >= 11 is 10.5. The molecule has 12 heteroatoms. The highest BCUT2D eigenvalue weighted by Crippen LogP contribution is 2.42. The minimum absolute atomic E-state index is 0.0718. The number of amides is 1. The van der Waals surface area contributed by atoms with Crippen molar-refractivity contribution in [3.63, 3.8) is 0 Å². The number of anilines is 2. The highest BCUT2D eigenvalue weighted by atomic mass is 79.9. The van der Waals surface area contributed by atoms with Gasteiger partial charge in [0.1, 0.15) is 15.7 Å². The zero-order valence-electron chi connectivity index (χ0n) is 23.4. The van der Waals surface area contributed by atoms with Gasteiger partial charge in [0.2, 0.25) is 17.6 Å². The number of carbonyl (C=O) groups is 1. The minimum atomic E-state index is -0.293. The van der Waals surface area contributed by atoms with E-state index in [0.29, 0.717) is 38.5 Å². The summed E-state index contributed by atoms with van der Waals surface area (Å²) in [5, 5.41) is 11.5. The summed E-state index contributed by atoms with van der Waals surface area (Å²) in [5.74, 6) is 1.26. The van der Waals surface area contributed by atoms with Crippen molar-refractivity contribution in [1.82, 2.24) is 15.2 Å². The lowest BCUT2D eigenvalue weighted by Crippen LogP contribution is -2.26. The summed E-state index contributed by atoms with van der Waals surface area (Å²) in [4.78, 5) is 19.7. The number of nitrogens with one attached hydrogen (secondary N) is 1. The lowest BCUT2D eigenvalue weighted by atomic mass is 10.0. The van der Waals surface area contributed by atoms with Crippen molar-refractivity contribution in [2.45, 2.75) is 13.3 Å². The van der Waals surface area contributed by atoms with E-state index in [-0.39, 0.29) is 17.6 Å². The number of benzene rings is 3. The van der Waals surface area contributed by atoms with Gasteiger partial charge in [-0.25, -0.2) is 4.98 Å². The average Bonchev–Trinajstić information content (AvgIpc) is 3.42. The van der Waals surface area contributed by atoms with Gasteiger partial charge in [0, 0.05) is 27.8 Å². The van der Waals surface area contributed by atoms with Crippen LogP contribution in [0.25, 0.3) is 22.5 Å². The number of thioether (sulfide) groups is 1. The van der Waals surface area contributed by atoms with Crippen LogP contribution in [0, 0.1) is 6.92 Å². The number of aromatic nitrogens is 3. The molecular weight excluding hydrogens is 638 g/mol. The van der Waals surface area contributed by atoms with Crippen LogP contribution in [0.15, 0.2) is 59.1 Å². The molecule has 9 nitrogen and oxygen atoms in total. The standard InChI is InChI=1S/C30H28BrN5O4S2/c1-17-5-7-18(8-6-17)27-26(20-14-23(38-2)28(40-4)24(15-20)39-3)33-29(35-34-27)32-25(37)16-42-30(41)36-12-11-19-13-21(31)9-10-22(19)36/h5-10,13-15H,11-12,16H2,1-4H3,(H,32,33,35,37). The second kappa shape index (κ2) is 13.1. The number of rotatable bonds is 8. The molecule has 0 unspecified atom stereocenters. The number of methoxy groups -OCH3 is 3. The van der Waals surface area contributed by atoms with Crippen LogP contribution in [-0.4, -0.2) is 59.0 Å². The lowest BCUT2D eigenvalue weighted by Gasteiger charge is -2.19. The van der Waals surface area contributed by atoms with E-state index in [4.69, 9.17) is 31.4 Å². The van der Waals surface area contributed by atoms with Crippen molar-refractivity contribution < 1.29 is 19.0 Å². The molecule has 1 N–H and O–H groups in total. The van der Waals surface area contributed by atoms with E-state index in [2.05, 4.69) is 42.4 Å². The number of ether oxygens (including phenoxy) is 3. The topological polar surface area (TPSA) is 98.7 Å². The molecule has 1 aliphatic rings. The van der Waals surface area contributed by atoms with Gasteiger partial charge in [-0.15, -0.1) is 10.2 Å². The Morgan fingerprint density at radius 2 is 1.69 bits per heavy atom. The highest BCUT2D eigenvalue weighted by molar-refractivity contribution is 9.10. The fourth-order valence-electron chi connectivity index (χ4n) is 4.63. The molecule has 3 aromatic carbocycles. The smallest absolute Gasteiger partial charge is 0.250 e. The monoisotopic (exact) mass is 665 g/mol. The van der Waals surface area contributed by atoms with Crippen molar-refractivity contribution >= 4 is 61.8 Å². The van der Waals surface area contributed by atoms with Gasteiger partial charge in [0.25, 0.3) is 0 Å². The van der Waals surface area contributed by atoms with Crippen molar-refractivity contribution in [2.75, 3.05) is 43.8 Å². The molecule has 0 atom stereocenters. The first-order valence-corrected chi connectivity index (χ1v) is 15.1. The van der Waals surface area contributed by atoms with Gasteiger partial charge >= 0.3 is 0 Å². The first-order chi connectivity index (χ1) is 20.3. The SMILES string of the molecule is COc1cc(-c2nc(NC(=O)CSC(=S)N3CCc4cc(Br)ccc43)nnc2-c2ccc(C)cc2)cc(OC)c1OC. The molecule has 42 heavy (non-hydrogen) atoms. The number of nitrogens with zero attached hydrogens (tertiary/aromatic N) is 4. The molecule has 1 amide bonds. The number of halogens is 1. The minimum Gasteiger partial charge on any atom is -0.493 e. The van der Waals surface area contributed by atoms with E-state index in [1.807, 2.05) is 43.3 Å². The molecular formula is C30H28BrN5O4S2. The molecule has 2 heterocycles. The predicted molar refractivity (Wildman–Crippen MR) is 174 cm³/mol. The maximum atomic E-state index is 13.0. The van der Waals surface area contributed by atoms with Gasteiger partial charge in [-0.1, -0.05) is 69.7 Å². The fraction of sp³-hybridized carbons (Fsp3) is 0.233. The van der Waals surface area contributed by atoms with E-state index >= 15 is 0 Å². The quantitative estimate of drug-likeness (QED) is 0.215. The van der Waals surface area contributed by atoms with Crippen LogP contribution >= 0.6 is 39.9 Å². The Balaban J connectivity index is 1.39. The number of aryl methyl sites for hydroxylation is 1. The van der Waals surface area contributed by atoms with Gasteiger partial charge < -0.3 is 19.1 Å². The third kappa shape index (κ3) is 6.35. The number of thiocarbonyl (C=S) groups is 1. The van der Waals surface area contributed by atoms with Crippen LogP contribution in [0.3, 0.4) is 0 Å². The molecule has 0 spiro atoms. The van der Waals surface area contributed by atoms with Crippen LogP contribution in [0.1, 0.15) is 11.1 Å². The first kappa shape index (κ1) is 29.7. The third-order valence-electron chi connectivity index (χ3n) is 6.69. The van der Waals surface area contributed by atoms with Gasteiger partial charge in [-0.2, -0.15) is 0 Å². The summed E-state index contributed by atoms with van der Waals surface area (Å²) in [6.45, 7) is 2.79. The Morgan fingerprint density at radius 1 is 0.976 bits per heavy atom. The summed E-state index contributed by atoms with van der Waals surface area (Å²) in [6, 6.07) is 17.6. The number of hydrogen-bond donors (Lipinski definition) is 1. The number of hydrogen-bond acceptors (Lipinski definition) is 9. The summed E-state index contributed by atoms with van der Waals surface area (Å²) in [6.07, 6.45) is 0.901. The van der Waals surface area contributed by atoms with E-state index in [9.17, 15) is 4.79 Å². The first-order valence-electron chi connectivity index (χ1n) is 13.0. The van der Waals surface area contributed by atoms with Crippen LogP contribution < -0.4 is 24.4 Å². The molecule has 0 saturated heterocycles. The lowest BCUT2D eigenvalue weighted by molar-refractivity contribution is -0.113. The Morgan fingerprint density at radius 3 is 2.36 bits per heavy atom. The second-order valence-electron chi connectivity index (χ2n) is 9.39. The third-order valence-corrected chi connectivity index (χ3v) is 8.63. The molecule has 0 saturated carbocycles. The predicted octanol–water partition coefficient (Wildman–Crippen LogP) is 6.32. The maximum absolute atomic E-state index is 13.0. The normalized spacial score (nSPS) is 12.1. The maximum Gasteiger partial charge on any atom is 0.250 e. The molecule has 0 radical (unpaired) electrons. The van der Waals surface area contributed by atoms with Crippen molar-refractivity contribution in [2.24, 2.45) is 0 Å². The molecule has 5 rings (SSSR count). The van der Waals surface area contributed by atoms with Gasteiger partial charge in [-0.05, 0) is 49.2 Å². The van der Waals surface area contributed by atoms with Gasteiger partial charge in [0.15, 0.2) is 11.5 Å². The highest BCUT2D eigenvalue weighted by Gasteiger charge is 2.24. The fourth-order valence-corrected chi connectivity index (χ4v) is 6.08. The van der Waals surface area contributed by atoms with Crippen molar-refractivity contribution in [3.05, 3.63) is 70.2 Å². The molecule has 0 bridgehead atoms. The number of carbonyl (C=O) groups excluding carboxylic acids is 1. The Hall–Kier alpha value is -3.74. The van der Waals surface area contributed by atoms with E-state index in [1.165, 1.54) is 17.3 Å². The van der Waals surface area contributed by atoms with E-state index < -0.39 is 0 Å². The Kier molecular flexibility index (Phi) is 9.24. The van der Waals surface area contributed by atoms with Crippen LogP contribution in [0.2, 0.25) is 0 Å². The number of fused-ring (bicyclic) bond motifs is 1. The molecule has 216 valence electrons. The molecule has 1 aliphatic heterocycles. The van der Waals surface area contributed by atoms with Gasteiger partial charge in [0.05, 0.1) is 27.1 Å². The van der Waals surface area contributed by atoms with Crippen LogP contribution in [0.4, 0.5) is 11.6 Å². The van der Waals surface area contributed by atoms with Gasteiger partial charge in [-0.3, -0.25) is 10.1 Å². The second-order valence-corrected chi connectivity index (χ2v) is 11.9. The van der Waals surface area contributed by atoms with Crippen LogP contribution in [-0.2, 0) is 11.2 Å². The largest absolute Gasteiger partial charge is 0.493 e. The zero-order chi connectivity index (χ0) is 29.8. The van der Waals surface area contributed by atoms with E-state index in [1.54, 1.807) is 33.5 Å². The molecule has 0 fully saturated rings. The Labute approximate surface area is 262 Å². The van der Waals surface area contributed by atoms with E-state index in [0.717, 1.165) is 34.3 Å².